The van der Waals surface area contributed by atoms with Gasteiger partial charge in [-0.05, 0) is 0 Å². The summed E-state index contributed by atoms with van der Waals surface area (Å²) in [6, 6.07) is 18.1. The van der Waals surface area contributed by atoms with Crippen LogP contribution in [0.15, 0.2) is 51.0 Å². The van der Waals surface area contributed by atoms with E-state index in [2.05, 4.69) is 85.2 Å². The van der Waals surface area contributed by atoms with Crippen molar-refractivity contribution in [1.82, 2.24) is 0 Å². The standard InChI is InChI=1S/C14H8Br.3C4H9.Sn/c15-9-14-12-7-3-1-5-10(12)11-6-2-4-8-13(11)14;3*1-3-4-2;/h1-8H;3*1,3-4H2,2H3;. The van der Waals surface area contributed by atoms with Crippen LogP contribution in [0.25, 0.3) is 16.7 Å². The maximum absolute atomic E-state index is 4.33. The molecule has 1 aliphatic rings. The van der Waals surface area contributed by atoms with E-state index in [0.717, 1.165) is 0 Å². The van der Waals surface area contributed by atoms with Crippen LogP contribution < -0.4 is 0 Å². The molecule has 0 saturated carbocycles. The van der Waals surface area contributed by atoms with Gasteiger partial charge in [-0.1, -0.05) is 0 Å². The minimum absolute atomic E-state index is 1.32. The van der Waals surface area contributed by atoms with Crippen LogP contribution in [0.1, 0.15) is 70.4 Å². The molecule has 0 aromatic heterocycles. The number of benzene rings is 2. The maximum atomic E-state index is 4.33. The molecular formula is C26H35BrSn. The molecule has 0 heterocycles. The van der Waals surface area contributed by atoms with Crippen molar-refractivity contribution in [2.45, 2.75) is 72.6 Å². The molecule has 0 saturated heterocycles. The molecule has 150 valence electrons. The topological polar surface area (TPSA) is 0 Å². The van der Waals surface area contributed by atoms with Crippen LogP contribution >= 0.6 is 15.9 Å². The van der Waals surface area contributed by atoms with Crippen LogP contribution in [-0.4, -0.2) is 18.4 Å². The molecule has 0 atom stereocenters. The van der Waals surface area contributed by atoms with Gasteiger partial charge in [-0.25, -0.2) is 0 Å². The summed E-state index contributed by atoms with van der Waals surface area (Å²) in [5.74, 6) is 0. The van der Waals surface area contributed by atoms with E-state index in [4.69, 9.17) is 0 Å². The Morgan fingerprint density at radius 2 is 1.00 bits per heavy atom. The van der Waals surface area contributed by atoms with Crippen LogP contribution in [0, 0.1) is 0 Å². The van der Waals surface area contributed by atoms with Crippen molar-refractivity contribution in [2.24, 2.45) is 0 Å². The Kier molecular flexibility index (Phi) is 8.29. The Bertz CT molecular complexity index is 751. The van der Waals surface area contributed by atoms with Gasteiger partial charge in [0.25, 0.3) is 0 Å². The quantitative estimate of drug-likeness (QED) is 0.223. The Morgan fingerprint density at radius 1 is 0.643 bits per heavy atom. The fraction of sp³-hybridized carbons (Fsp3) is 0.462. The number of halogens is 1. The molecular weight excluding hydrogens is 511 g/mol. The molecule has 2 aromatic carbocycles. The van der Waals surface area contributed by atoms with Crippen molar-refractivity contribution in [1.29, 1.82) is 0 Å². The molecule has 2 heteroatoms. The first-order chi connectivity index (χ1) is 13.7. The first kappa shape index (κ1) is 22.2. The van der Waals surface area contributed by atoms with Crippen LogP contribution in [0.3, 0.4) is 0 Å². The van der Waals surface area contributed by atoms with E-state index >= 15 is 0 Å². The Balaban J connectivity index is 2.19. The van der Waals surface area contributed by atoms with Gasteiger partial charge in [-0.15, -0.1) is 0 Å². The Labute approximate surface area is 184 Å². The fourth-order valence-electron chi connectivity index (χ4n) is 4.77. The molecule has 0 spiro atoms. The predicted molar refractivity (Wildman–Crippen MR) is 132 cm³/mol. The van der Waals surface area contributed by atoms with Crippen molar-refractivity contribution in [3.05, 3.63) is 62.2 Å². The summed E-state index contributed by atoms with van der Waals surface area (Å²) in [4.78, 5) is 0. The zero-order chi connectivity index (χ0) is 20.0. The number of unbranched alkanes of at least 4 members (excludes halogenated alkanes) is 3. The zero-order valence-corrected chi connectivity index (χ0v) is 22.3. The van der Waals surface area contributed by atoms with E-state index in [0.29, 0.717) is 0 Å². The van der Waals surface area contributed by atoms with Crippen LogP contribution in [0.4, 0.5) is 0 Å². The van der Waals surface area contributed by atoms with E-state index in [1.165, 1.54) is 74.1 Å². The Hall–Kier alpha value is -0.541. The molecule has 0 N–H and O–H groups in total. The van der Waals surface area contributed by atoms with E-state index in [-0.39, 0.29) is 0 Å². The number of fused-ring (bicyclic) bond motifs is 3. The molecule has 0 bridgehead atoms. The molecule has 0 amide bonds. The van der Waals surface area contributed by atoms with Crippen LogP contribution in [-0.2, 0) is 0 Å². The zero-order valence-electron chi connectivity index (χ0n) is 17.9. The molecule has 2 aromatic rings. The molecule has 0 radical (unpaired) electrons. The van der Waals surface area contributed by atoms with Crippen molar-refractivity contribution in [3.63, 3.8) is 0 Å². The van der Waals surface area contributed by atoms with E-state index in [1.807, 2.05) is 0 Å². The van der Waals surface area contributed by atoms with Gasteiger partial charge < -0.3 is 0 Å². The van der Waals surface area contributed by atoms with Gasteiger partial charge in [0.1, 0.15) is 0 Å². The van der Waals surface area contributed by atoms with Crippen LogP contribution in [0.5, 0.6) is 0 Å². The second-order valence-electron chi connectivity index (χ2n) is 8.37. The monoisotopic (exact) mass is 546 g/mol. The molecule has 0 aliphatic heterocycles. The molecule has 0 unspecified atom stereocenters. The second kappa shape index (κ2) is 10.5. The van der Waals surface area contributed by atoms with Gasteiger partial charge >= 0.3 is 186 Å². The number of hydrogen-bond acceptors (Lipinski definition) is 0. The first-order valence-corrected chi connectivity index (χ1v) is 19.6. The average Bonchev–Trinajstić information content (AvgIpc) is 3.07. The molecule has 28 heavy (non-hydrogen) atoms. The van der Waals surface area contributed by atoms with E-state index < -0.39 is 18.4 Å². The molecule has 3 rings (SSSR count). The predicted octanol–water partition coefficient (Wildman–Crippen LogP) is 9.21. The SMILES string of the molecule is CCC[CH2][Sn]([CH2]CCC)([CH2]CCC)[C](Br)=C1c2ccccc2-c2ccccc21. The van der Waals surface area contributed by atoms with Gasteiger partial charge in [0.2, 0.25) is 0 Å². The van der Waals surface area contributed by atoms with E-state index in [9.17, 15) is 0 Å². The van der Waals surface area contributed by atoms with Gasteiger partial charge in [-0.3, -0.25) is 0 Å². The van der Waals surface area contributed by atoms with Crippen molar-refractivity contribution in [2.75, 3.05) is 0 Å². The first-order valence-electron chi connectivity index (χ1n) is 11.3. The van der Waals surface area contributed by atoms with Crippen molar-refractivity contribution < 1.29 is 0 Å². The third kappa shape index (κ3) is 4.46. The van der Waals surface area contributed by atoms with E-state index in [1.54, 1.807) is 8.07 Å². The van der Waals surface area contributed by atoms with Crippen molar-refractivity contribution >= 4 is 39.9 Å². The number of hydrogen-bond donors (Lipinski definition) is 0. The minimum atomic E-state index is -2.51. The summed E-state index contributed by atoms with van der Waals surface area (Å²) in [5.41, 5.74) is 7.31. The molecule has 0 fully saturated rings. The van der Waals surface area contributed by atoms with Gasteiger partial charge in [-0.2, -0.15) is 0 Å². The average molecular weight is 546 g/mol. The molecule has 0 nitrogen and oxygen atoms in total. The summed E-state index contributed by atoms with van der Waals surface area (Å²) in [5, 5.41) is 0. The summed E-state index contributed by atoms with van der Waals surface area (Å²) in [7, 11) is 0. The summed E-state index contributed by atoms with van der Waals surface area (Å²) in [6.45, 7) is 7.08. The third-order valence-corrected chi connectivity index (χ3v) is 27.0. The van der Waals surface area contributed by atoms with Crippen LogP contribution in [0.2, 0.25) is 13.3 Å². The van der Waals surface area contributed by atoms with Gasteiger partial charge in [0.05, 0.1) is 0 Å². The normalized spacial score (nSPS) is 12.8. The summed E-state index contributed by atoms with van der Waals surface area (Å²) in [6.07, 6.45) is 8.15. The summed E-state index contributed by atoms with van der Waals surface area (Å²) < 4.78 is 6.17. The van der Waals surface area contributed by atoms with Gasteiger partial charge in [0, 0.05) is 0 Å². The summed E-state index contributed by atoms with van der Waals surface area (Å²) >= 11 is 1.83. The second-order valence-corrected chi connectivity index (χ2v) is 24.3. The third-order valence-electron chi connectivity index (χ3n) is 6.39. The van der Waals surface area contributed by atoms with Gasteiger partial charge in [0.15, 0.2) is 0 Å². The number of rotatable bonds is 10. The Morgan fingerprint density at radius 3 is 1.36 bits per heavy atom. The van der Waals surface area contributed by atoms with Crippen molar-refractivity contribution in [3.8, 4) is 11.1 Å². The molecule has 1 aliphatic carbocycles. The fourth-order valence-corrected chi connectivity index (χ4v) is 24.3.